The number of ether oxygens (including phenoxy) is 2. The number of aromatic nitrogens is 1. The Morgan fingerprint density at radius 3 is 2.52 bits per heavy atom. The topological polar surface area (TPSA) is 73.6 Å². The van der Waals surface area contributed by atoms with Crippen LogP contribution in [0.15, 0.2) is 47.0 Å². The van der Waals surface area contributed by atoms with E-state index >= 15 is 0 Å². The quantitative estimate of drug-likeness (QED) is 0.760. The van der Waals surface area contributed by atoms with Crippen molar-refractivity contribution in [1.82, 2.24) is 5.16 Å². The molecule has 0 aliphatic carbocycles. The summed E-state index contributed by atoms with van der Waals surface area (Å²) in [5.74, 6) is 1.85. The minimum absolute atomic E-state index is 0.137. The number of fused-ring (bicyclic) bond motifs is 1. The molecule has 0 atom stereocenters. The number of aryl methyl sites for hydroxylation is 2. The van der Waals surface area contributed by atoms with Crippen LogP contribution in [0.25, 0.3) is 11.3 Å². The van der Waals surface area contributed by atoms with Gasteiger partial charge in [-0.15, -0.1) is 0 Å². The van der Waals surface area contributed by atoms with E-state index in [1.54, 1.807) is 6.07 Å². The van der Waals surface area contributed by atoms with Crippen molar-refractivity contribution in [3.05, 3.63) is 59.3 Å². The molecule has 0 unspecified atom stereocenters. The van der Waals surface area contributed by atoms with Gasteiger partial charge < -0.3 is 19.3 Å². The van der Waals surface area contributed by atoms with Crippen LogP contribution in [0.5, 0.6) is 11.5 Å². The van der Waals surface area contributed by atoms with Gasteiger partial charge in [-0.2, -0.15) is 0 Å². The van der Waals surface area contributed by atoms with Crippen LogP contribution in [0.1, 0.15) is 16.8 Å². The van der Waals surface area contributed by atoms with Crippen molar-refractivity contribution >= 4 is 11.6 Å². The molecule has 2 heterocycles. The Balaban J connectivity index is 1.45. The first-order valence-corrected chi connectivity index (χ1v) is 8.80. The summed E-state index contributed by atoms with van der Waals surface area (Å²) in [5, 5.41) is 6.92. The lowest BCUT2D eigenvalue weighted by atomic mass is 10.1. The second-order valence-corrected chi connectivity index (χ2v) is 6.64. The zero-order chi connectivity index (χ0) is 18.8. The molecule has 2 aromatic carbocycles. The number of anilines is 1. The van der Waals surface area contributed by atoms with Gasteiger partial charge in [0.2, 0.25) is 5.91 Å². The molecule has 27 heavy (non-hydrogen) atoms. The van der Waals surface area contributed by atoms with Crippen LogP contribution in [0.3, 0.4) is 0 Å². The molecule has 1 N–H and O–H groups in total. The summed E-state index contributed by atoms with van der Waals surface area (Å²) in [4.78, 5) is 12.3. The SMILES string of the molecule is Cc1cc(C)cc(NC(=O)Cc2cc(-c3ccc4c(c3)OCCO4)on2)c1. The molecule has 3 aromatic rings. The van der Waals surface area contributed by atoms with E-state index in [1.165, 1.54) is 0 Å². The predicted octanol–water partition coefficient (Wildman–Crippen LogP) is 3.91. The monoisotopic (exact) mass is 364 g/mol. The fourth-order valence-electron chi connectivity index (χ4n) is 3.14. The molecular formula is C21H20N2O4. The van der Waals surface area contributed by atoms with Crippen molar-refractivity contribution in [3.63, 3.8) is 0 Å². The van der Waals surface area contributed by atoms with E-state index in [2.05, 4.69) is 16.5 Å². The molecule has 0 saturated carbocycles. The maximum atomic E-state index is 12.3. The third kappa shape index (κ3) is 3.95. The lowest BCUT2D eigenvalue weighted by Crippen LogP contribution is -2.15. The van der Waals surface area contributed by atoms with E-state index in [9.17, 15) is 4.79 Å². The number of carbonyl (C=O) groups excluding carboxylic acids is 1. The molecule has 0 bridgehead atoms. The van der Waals surface area contributed by atoms with Crippen molar-refractivity contribution in [3.8, 4) is 22.8 Å². The van der Waals surface area contributed by atoms with Gasteiger partial charge in [0.15, 0.2) is 17.3 Å². The Kier molecular flexibility index (Phi) is 4.54. The minimum Gasteiger partial charge on any atom is -0.486 e. The summed E-state index contributed by atoms with van der Waals surface area (Å²) in [5.41, 5.74) is 4.39. The maximum absolute atomic E-state index is 12.3. The standard InChI is InChI=1S/C21H20N2O4/c1-13-7-14(2)9-16(8-13)22-21(24)12-17-11-19(27-23-17)15-3-4-18-20(10-15)26-6-5-25-18/h3-4,7-11H,5-6,12H2,1-2H3,(H,22,24). The van der Waals surface area contributed by atoms with Gasteiger partial charge in [0.1, 0.15) is 13.2 Å². The van der Waals surface area contributed by atoms with Crippen LogP contribution in [0.4, 0.5) is 5.69 Å². The van der Waals surface area contributed by atoms with Crippen molar-refractivity contribution in [2.75, 3.05) is 18.5 Å². The van der Waals surface area contributed by atoms with Crippen molar-refractivity contribution in [2.24, 2.45) is 0 Å². The first-order valence-electron chi connectivity index (χ1n) is 8.80. The summed E-state index contributed by atoms with van der Waals surface area (Å²) < 4.78 is 16.5. The number of carbonyl (C=O) groups is 1. The second kappa shape index (κ2) is 7.15. The average molecular weight is 364 g/mol. The van der Waals surface area contributed by atoms with Crippen molar-refractivity contribution in [1.29, 1.82) is 0 Å². The van der Waals surface area contributed by atoms with Gasteiger partial charge in [0.25, 0.3) is 0 Å². The molecule has 0 spiro atoms. The summed E-state index contributed by atoms with van der Waals surface area (Å²) in [6, 6.07) is 13.3. The highest BCUT2D eigenvalue weighted by molar-refractivity contribution is 5.92. The number of hydrogen-bond acceptors (Lipinski definition) is 5. The van der Waals surface area contributed by atoms with Crippen LogP contribution < -0.4 is 14.8 Å². The van der Waals surface area contributed by atoms with Crippen LogP contribution >= 0.6 is 0 Å². The zero-order valence-electron chi connectivity index (χ0n) is 15.2. The predicted molar refractivity (Wildman–Crippen MR) is 101 cm³/mol. The molecular weight excluding hydrogens is 344 g/mol. The highest BCUT2D eigenvalue weighted by Gasteiger charge is 2.16. The maximum Gasteiger partial charge on any atom is 0.230 e. The normalized spacial score (nSPS) is 12.7. The van der Waals surface area contributed by atoms with E-state index in [1.807, 2.05) is 44.2 Å². The first-order chi connectivity index (χ1) is 13.1. The Morgan fingerprint density at radius 1 is 1.00 bits per heavy atom. The zero-order valence-corrected chi connectivity index (χ0v) is 15.2. The Hall–Kier alpha value is -3.28. The molecule has 4 rings (SSSR count). The van der Waals surface area contributed by atoms with Crippen molar-refractivity contribution in [2.45, 2.75) is 20.3 Å². The summed E-state index contributed by atoms with van der Waals surface area (Å²) in [6.45, 7) is 5.07. The second-order valence-electron chi connectivity index (χ2n) is 6.64. The van der Waals surface area contributed by atoms with E-state index in [0.29, 0.717) is 30.4 Å². The van der Waals surface area contributed by atoms with Gasteiger partial charge >= 0.3 is 0 Å². The van der Waals surface area contributed by atoms with Crippen LogP contribution in [-0.4, -0.2) is 24.3 Å². The molecule has 1 aliphatic rings. The number of nitrogens with zero attached hydrogens (tertiary/aromatic N) is 1. The number of benzene rings is 2. The van der Waals surface area contributed by atoms with Gasteiger partial charge in [-0.05, 0) is 55.3 Å². The summed E-state index contributed by atoms with van der Waals surface area (Å²) in [7, 11) is 0. The van der Waals surface area contributed by atoms with Gasteiger partial charge in [-0.1, -0.05) is 11.2 Å². The van der Waals surface area contributed by atoms with Gasteiger partial charge in [0, 0.05) is 17.3 Å². The fraction of sp³-hybridized carbons (Fsp3) is 0.238. The molecule has 0 fully saturated rings. The van der Waals surface area contributed by atoms with Crippen LogP contribution in [0, 0.1) is 13.8 Å². The molecule has 138 valence electrons. The number of nitrogens with one attached hydrogen (secondary N) is 1. The van der Waals surface area contributed by atoms with Gasteiger partial charge in [-0.3, -0.25) is 4.79 Å². The average Bonchev–Trinajstić information content (AvgIpc) is 3.08. The van der Waals surface area contributed by atoms with E-state index in [4.69, 9.17) is 14.0 Å². The third-order valence-electron chi connectivity index (χ3n) is 4.23. The molecule has 0 saturated heterocycles. The van der Waals surface area contributed by atoms with Crippen LogP contribution in [0.2, 0.25) is 0 Å². The first kappa shape index (κ1) is 17.1. The molecule has 1 aromatic heterocycles. The lowest BCUT2D eigenvalue weighted by Gasteiger charge is -2.18. The van der Waals surface area contributed by atoms with E-state index in [0.717, 1.165) is 28.1 Å². The highest BCUT2D eigenvalue weighted by atomic mass is 16.6. The number of hydrogen-bond donors (Lipinski definition) is 1. The lowest BCUT2D eigenvalue weighted by molar-refractivity contribution is -0.115. The third-order valence-corrected chi connectivity index (χ3v) is 4.23. The van der Waals surface area contributed by atoms with E-state index < -0.39 is 0 Å². The van der Waals surface area contributed by atoms with Gasteiger partial charge in [-0.25, -0.2) is 0 Å². The van der Waals surface area contributed by atoms with Gasteiger partial charge in [0.05, 0.1) is 12.1 Å². The molecule has 0 radical (unpaired) electrons. The van der Waals surface area contributed by atoms with E-state index in [-0.39, 0.29) is 12.3 Å². The summed E-state index contributed by atoms with van der Waals surface area (Å²) >= 11 is 0. The Bertz CT molecular complexity index is 973. The summed E-state index contributed by atoms with van der Waals surface area (Å²) in [6.07, 6.45) is 0.140. The Morgan fingerprint density at radius 2 is 1.74 bits per heavy atom. The van der Waals surface area contributed by atoms with Crippen molar-refractivity contribution < 1.29 is 18.8 Å². The highest BCUT2D eigenvalue weighted by Crippen LogP contribution is 2.34. The molecule has 1 amide bonds. The number of rotatable bonds is 4. The largest absolute Gasteiger partial charge is 0.486 e. The Labute approximate surface area is 157 Å². The molecule has 6 nitrogen and oxygen atoms in total. The molecule has 1 aliphatic heterocycles. The smallest absolute Gasteiger partial charge is 0.230 e. The number of amides is 1. The van der Waals surface area contributed by atoms with Crippen LogP contribution in [-0.2, 0) is 11.2 Å². The minimum atomic E-state index is -0.137. The molecule has 6 heteroatoms. The fourth-order valence-corrected chi connectivity index (χ4v) is 3.14.